The molecule has 0 spiro atoms. The molecule has 0 saturated heterocycles. The van der Waals surface area contributed by atoms with Gasteiger partial charge >= 0.3 is 0 Å². The first-order chi connectivity index (χ1) is 25.5. The maximum absolute atomic E-state index is 2.47. The van der Waals surface area contributed by atoms with Crippen LogP contribution in [0.4, 0.5) is 34.1 Å². The fraction of sp³-hybridized carbons (Fsp3) is 0.160. The zero-order valence-electron chi connectivity index (χ0n) is 30.6. The second-order valence-electron chi connectivity index (χ2n) is 14.4. The van der Waals surface area contributed by atoms with Crippen molar-refractivity contribution in [3.05, 3.63) is 204 Å². The van der Waals surface area contributed by atoms with Gasteiger partial charge in [-0.25, -0.2) is 0 Å². The number of fused-ring (bicyclic) bond motifs is 3. The van der Waals surface area contributed by atoms with Crippen LogP contribution in [-0.4, -0.2) is 0 Å². The van der Waals surface area contributed by atoms with Gasteiger partial charge in [0, 0.05) is 39.3 Å². The predicted octanol–water partition coefficient (Wildman–Crippen LogP) is 14.0. The SMILES string of the molecule is CCC1(CC)c2ccccc2-c2cccc(N(c3ccccc3)c3ccc(C(C)(C)c4ccc(N(c5ccccc5)c5ccccc5)cc4)cc3)c21. The molecule has 1 aliphatic carbocycles. The Morgan fingerprint density at radius 2 is 0.808 bits per heavy atom. The molecule has 0 unspecified atom stereocenters. The monoisotopic (exact) mass is 674 g/mol. The molecule has 0 heterocycles. The first kappa shape index (κ1) is 33.3. The minimum absolute atomic E-state index is 0.0414. The predicted molar refractivity (Wildman–Crippen MR) is 221 cm³/mol. The average molecular weight is 675 g/mol. The molecule has 0 amide bonds. The molecule has 0 fully saturated rings. The van der Waals surface area contributed by atoms with Crippen LogP contribution >= 0.6 is 0 Å². The smallest absolute Gasteiger partial charge is 0.0508 e. The molecule has 0 aliphatic heterocycles. The lowest BCUT2D eigenvalue weighted by Crippen LogP contribution is -2.26. The second-order valence-corrected chi connectivity index (χ2v) is 14.4. The zero-order valence-corrected chi connectivity index (χ0v) is 30.6. The van der Waals surface area contributed by atoms with Crippen LogP contribution in [0, 0.1) is 0 Å². The van der Waals surface area contributed by atoms with Crippen LogP contribution in [0.2, 0.25) is 0 Å². The van der Waals surface area contributed by atoms with Gasteiger partial charge < -0.3 is 9.80 Å². The van der Waals surface area contributed by atoms with Crippen molar-refractivity contribution >= 4 is 34.1 Å². The van der Waals surface area contributed by atoms with E-state index < -0.39 is 0 Å². The van der Waals surface area contributed by atoms with E-state index in [9.17, 15) is 0 Å². The molecule has 7 aromatic rings. The molecule has 2 nitrogen and oxygen atoms in total. The van der Waals surface area contributed by atoms with Crippen molar-refractivity contribution in [2.75, 3.05) is 9.80 Å². The van der Waals surface area contributed by atoms with E-state index >= 15 is 0 Å². The molecule has 0 N–H and O–H groups in total. The molecule has 52 heavy (non-hydrogen) atoms. The standard InChI is InChI=1S/C50H46N2/c1-5-50(6-2)46-27-17-16-25-44(46)45-26-18-28-47(48(45)50)52(41-23-14-9-15-24-41)43-35-31-38(32-36-43)49(3,4)37-29-33-42(34-30-37)51(39-19-10-7-11-20-39)40-21-12-8-13-22-40/h7-36H,5-6H2,1-4H3. The number of para-hydroxylation sites is 3. The van der Waals surface area contributed by atoms with Gasteiger partial charge in [-0.1, -0.05) is 143 Å². The maximum Gasteiger partial charge on any atom is 0.0508 e. The van der Waals surface area contributed by atoms with Crippen molar-refractivity contribution < 1.29 is 0 Å². The van der Waals surface area contributed by atoms with Gasteiger partial charge in [-0.2, -0.15) is 0 Å². The van der Waals surface area contributed by atoms with Crippen molar-refractivity contribution in [3.8, 4) is 11.1 Å². The van der Waals surface area contributed by atoms with Gasteiger partial charge in [0.05, 0.1) is 5.69 Å². The summed E-state index contributed by atoms with van der Waals surface area (Å²) in [5.74, 6) is 0. The minimum Gasteiger partial charge on any atom is -0.311 e. The van der Waals surface area contributed by atoms with Gasteiger partial charge in [-0.15, -0.1) is 0 Å². The van der Waals surface area contributed by atoms with Crippen molar-refractivity contribution in [3.63, 3.8) is 0 Å². The largest absolute Gasteiger partial charge is 0.311 e. The Kier molecular flexibility index (Phi) is 8.77. The molecule has 0 atom stereocenters. The normalized spacial score (nSPS) is 12.9. The Hall–Kier alpha value is -5.86. The summed E-state index contributed by atoms with van der Waals surface area (Å²) in [7, 11) is 0. The summed E-state index contributed by atoms with van der Waals surface area (Å²) in [6.45, 7) is 9.36. The number of hydrogen-bond donors (Lipinski definition) is 0. The van der Waals surface area contributed by atoms with E-state index in [1.165, 1.54) is 39.1 Å². The topological polar surface area (TPSA) is 6.48 Å². The van der Waals surface area contributed by atoms with Crippen LogP contribution in [0.1, 0.15) is 62.8 Å². The van der Waals surface area contributed by atoms with E-state index in [0.717, 1.165) is 41.3 Å². The molecule has 256 valence electrons. The molecule has 0 saturated carbocycles. The van der Waals surface area contributed by atoms with Crippen LogP contribution < -0.4 is 9.80 Å². The Morgan fingerprint density at radius 3 is 1.31 bits per heavy atom. The Bertz CT molecular complexity index is 2230. The van der Waals surface area contributed by atoms with E-state index in [1.54, 1.807) is 0 Å². The van der Waals surface area contributed by atoms with Gasteiger partial charge in [-0.05, 0) is 113 Å². The van der Waals surface area contributed by atoms with Gasteiger partial charge in [0.15, 0.2) is 0 Å². The zero-order chi connectivity index (χ0) is 35.7. The first-order valence-electron chi connectivity index (χ1n) is 18.7. The number of anilines is 6. The van der Waals surface area contributed by atoms with Gasteiger partial charge in [-0.3, -0.25) is 0 Å². The molecule has 2 heteroatoms. The quantitative estimate of drug-likeness (QED) is 0.142. The molecule has 0 radical (unpaired) electrons. The van der Waals surface area contributed by atoms with Crippen LogP contribution in [0.25, 0.3) is 11.1 Å². The molecule has 1 aliphatic rings. The van der Waals surface area contributed by atoms with Gasteiger partial charge in [0.1, 0.15) is 0 Å². The lowest BCUT2D eigenvalue weighted by atomic mass is 9.73. The molecule has 0 aromatic heterocycles. The van der Waals surface area contributed by atoms with Crippen molar-refractivity contribution in [2.24, 2.45) is 0 Å². The summed E-state index contributed by atoms with van der Waals surface area (Å²) in [5, 5.41) is 0. The Morgan fingerprint density at radius 1 is 0.404 bits per heavy atom. The van der Waals surface area contributed by atoms with Gasteiger partial charge in [0.2, 0.25) is 0 Å². The van der Waals surface area contributed by atoms with Gasteiger partial charge in [0.25, 0.3) is 0 Å². The highest BCUT2D eigenvalue weighted by atomic mass is 15.1. The highest BCUT2D eigenvalue weighted by Crippen LogP contribution is 2.57. The molecule has 7 aromatic carbocycles. The lowest BCUT2D eigenvalue weighted by molar-refractivity contribution is 0.491. The summed E-state index contributed by atoms with van der Waals surface area (Å²) in [5.41, 5.74) is 14.9. The first-order valence-corrected chi connectivity index (χ1v) is 18.7. The average Bonchev–Trinajstić information content (AvgIpc) is 3.50. The molecule has 0 bridgehead atoms. The highest BCUT2D eigenvalue weighted by molar-refractivity contribution is 5.91. The van der Waals surface area contributed by atoms with Crippen molar-refractivity contribution in [1.29, 1.82) is 0 Å². The Balaban J connectivity index is 1.17. The number of hydrogen-bond acceptors (Lipinski definition) is 2. The van der Waals surface area contributed by atoms with Crippen molar-refractivity contribution in [2.45, 2.75) is 51.4 Å². The molecular formula is C50H46N2. The van der Waals surface area contributed by atoms with Crippen molar-refractivity contribution in [1.82, 2.24) is 0 Å². The van der Waals surface area contributed by atoms with Crippen LogP contribution in [0.15, 0.2) is 182 Å². The number of rotatable bonds is 10. The highest BCUT2D eigenvalue weighted by Gasteiger charge is 2.43. The third-order valence-electron chi connectivity index (χ3n) is 11.4. The summed E-state index contributed by atoms with van der Waals surface area (Å²) >= 11 is 0. The second kappa shape index (κ2) is 13.7. The molecule has 8 rings (SSSR count). The van der Waals surface area contributed by atoms with Crippen LogP contribution in [-0.2, 0) is 10.8 Å². The summed E-state index contributed by atoms with van der Waals surface area (Å²) < 4.78 is 0. The van der Waals surface area contributed by atoms with E-state index in [4.69, 9.17) is 0 Å². The molecular weight excluding hydrogens is 629 g/mol. The summed E-state index contributed by atoms with van der Waals surface area (Å²) in [6, 6.07) is 66.3. The fourth-order valence-corrected chi connectivity index (χ4v) is 8.53. The summed E-state index contributed by atoms with van der Waals surface area (Å²) in [6.07, 6.45) is 2.10. The lowest BCUT2D eigenvalue weighted by Gasteiger charge is -2.36. The minimum atomic E-state index is -0.200. The van der Waals surface area contributed by atoms with E-state index in [-0.39, 0.29) is 10.8 Å². The van der Waals surface area contributed by atoms with E-state index in [1.807, 2.05) is 0 Å². The van der Waals surface area contributed by atoms with E-state index in [2.05, 4.69) is 219 Å². The Labute approximate surface area is 309 Å². The van der Waals surface area contributed by atoms with Crippen LogP contribution in [0.5, 0.6) is 0 Å². The van der Waals surface area contributed by atoms with Crippen LogP contribution in [0.3, 0.4) is 0 Å². The third kappa shape index (κ3) is 5.60. The summed E-state index contributed by atoms with van der Waals surface area (Å²) in [4.78, 5) is 4.78. The third-order valence-corrected chi connectivity index (χ3v) is 11.4. The fourth-order valence-electron chi connectivity index (χ4n) is 8.53. The van der Waals surface area contributed by atoms with E-state index in [0.29, 0.717) is 0 Å². The number of nitrogens with zero attached hydrogens (tertiary/aromatic N) is 2. The maximum atomic E-state index is 2.47. The number of benzene rings is 7.